The van der Waals surface area contributed by atoms with Crippen LogP contribution in [0, 0.1) is 0 Å². The fourth-order valence-electron chi connectivity index (χ4n) is 4.99. The van der Waals surface area contributed by atoms with Gasteiger partial charge in [0, 0.05) is 12.8 Å². The van der Waals surface area contributed by atoms with Crippen LogP contribution >= 0.6 is 7.82 Å². The van der Waals surface area contributed by atoms with Crippen LogP contribution in [0.2, 0.25) is 0 Å². The van der Waals surface area contributed by atoms with Crippen LogP contribution in [0.3, 0.4) is 0 Å². The van der Waals surface area contributed by atoms with Gasteiger partial charge in [-0.2, -0.15) is 0 Å². The second-order valence-electron chi connectivity index (χ2n) is 12.2. The molecule has 0 heterocycles. The number of esters is 2. The van der Waals surface area contributed by atoms with Gasteiger partial charge >= 0.3 is 19.8 Å². The van der Waals surface area contributed by atoms with Crippen molar-refractivity contribution in [2.24, 2.45) is 0 Å². The number of unbranched alkanes of at least 4 members (excludes halogenated alkanes) is 19. The van der Waals surface area contributed by atoms with Gasteiger partial charge in [-0.05, 0) is 44.9 Å². The molecule has 0 unspecified atom stereocenters. The number of phosphoric acid groups is 1. The van der Waals surface area contributed by atoms with Gasteiger partial charge in [0.1, 0.15) is 6.61 Å². The third-order valence-corrected chi connectivity index (χ3v) is 8.21. The summed E-state index contributed by atoms with van der Waals surface area (Å²) in [6, 6.07) is 0. The maximum absolute atomic E-state index is 12.3. The lowest BCUT2D eigenvalue weighted by molar-refractivity contribution is -0.161. The molecule has 0 radical (unpaired) electrons. The molecule has 0 amide bonds. The van der Waals surface area contributed by atoms with Crippen LogP contribution in [-0.4, -0.2) is 41.0 Å². The molecule has 0 aromatic rings. The lowest BCUT2D eigenvalue weighted by atomic mass is 10.1. The first-order chi connectivity index (χ1) is 21.8. The summed E-state index contributed by atoms with van der Waals surface area (Å²) in [5, 5.41) is 0. The Bertz CT molecular complexity index is 792. The fourth-order valence-corrected chi connectivity index (χ4v) is 5.35. The first-order valence-corrected chi connectivity index (χ1v) is 19.7. The smallest absolute Gasteiger partial charge is 0.462 e. The molecule has 0 spiro atoms. The topological polar surface area (TPSA) is 119 Å². The van der Waals surface area contributed by atoms with E-state index in [9.17, 15) is 14.2 Å². The summed E-state index contributed by atoms with van der Waals surface area (Å²) in [6.07, 6.45) is 34.7. The molecule has 1 atom stereocenters. The zero-order valence-corrected chi connectivity index (χ0v) is 29.7. The van der Waals surface area contributed by atoms with E-state index in [1.165, 1.54) is 83.5 Å². The van der Waals surface area contributed by atoms with E-state index < -0.39 is 32.5 Å². The van der Waals surface area contributed by atoms with E-state index in [0.29, 0.717) is 6.42 Å². The van der Waals surface area contributed by atoms with Crippen molar-refractivity contribution in [3.8, 4) is 0 Å². The highest BCUT2D eigenvalue weighted by Crippen LogP contribution is 2.36. The number of ether oxygens (including phenoxy) is 2. The van der Waals surface area contributed by atoms with E-state index in [4.69, 9.17) is 19.3 Å². The summed E-state index contributed by atoms with van der Waals surface area (Å²) in [4.78, 5) is 42.6. The van der Waals surface area contributed by atoms with Gasteiger partial charge in [0.05, 0.1) is 6.61 Å². The third kappa shape index (κ3) is 35.2. The Morgan fingerprint density at radius 1 is 0.578 bits per heavy atom. The SMILES string of the molecule is CCCCC/C=C/C/C=C/CCCCCCCCCC(=O)OC[C@H](COP(=O)(O)O)OC(=O)CCCCCCCCCCCC. The summed E-state index contributed by atoms with van der Waals surface area (Å²) in [5.74, 6) is -0.893. The zero-order chi connectivity index (χ0) is 33.3. The highest BCUT2D eigenvalue weighted by Gasteiger charge is 2.22. The lowest BCUT2D eigenvalue weighted by Gasteiger charge is -2.18. The lowest BCUT2D eigenvalue weighted by Crippen LogP contribution is -2.29. The quantitative estimate of drug-likeness (QED) is 0.0309. The van der Waals surface area contributed by atoms with E-state index in [0.717, 1.165) is 57.8 Å². The van der Waals surface area contributed by atoms with Crippen molar-refractivity contribution in [2.45, 2.75) is 180 Å². The van der Waals surface area contributed by atoms with Crippen LogP contribution in [0.1, 0.15) is 174 Å². The number of hydrogen-bond acceptors (Lipinski definition) is 6. The minimum atomic E-state index is -4.74. The molecular weight excluding hydrogens is 591 g/mol. The van der Waals surface area contributed by atoms with Crippen molar-refractivity contribution in [1.82, 2.24) is 0 Å². The summed E-state index contributed by atoms with van der Waals surface area (Å²) in [6.45, 7) is 3.62. The van der Waals surface area contributed by atoms with Crippen molar-refractivity contribution in [2.75, 3.05) is 13.2 Å². The van der Waals surface area contributed by atoms with E-state index in [2.05, 4.69) is 42.7 Å². The molecular formula is C36H67O8P. The second kappa shape index (κ2) is 32.5. The minimum Gasteiger partial charge on any atom is -0.462 e. The number of allylic oxidation sites excluding steroid dienone is 4. The van der Waals surface area contributed by atoms with Gasteiger partial charge in [-0.1, -0.05) is 141 Å². The molecule has 8 nitrogen and oxygen atoms in total. The highest BCUT2D eigenvalue weighted by molar-refractivity contribution is 7.46. The predicted molar refractivity (Wildman–Crippen MR) is 184 cm³/mol. The molecule has 0 rings (SSSR count). The number of carbonyl (C=O) groups excluding carboxylic acids is 2. The third-order valence-electron chi connectivity index (χ3n) is 7.72. The van der Waals surface area contributed by atoms with Crippen LogP contribution in [-0.2, 0) is 28.2 Å². The van der Waals surface area contributed by atoms with Crippen molar-refractivity contribution in [1.29, 1.82) is 0 Å². The largest absolute Gasteiger partial charge is 0.469 e. The first-order valence-electron chi connectivity index (χ1n) is 18.1. The van der Waals surface area contributed by atoms with Crippen LogP contribution in [0.15, 0.2) is 24.3 Å². The van der Waals surface area contributed by atoms with Crippen LogP contribution in [0.25, 0.3) is 0 Å². The molecule has 0 aliphatic carbocycles. The van der Waals surface area contributed by atoms with Crippen molar-refractivity contribution in [3.63, 3.8) is 0 Å². The average Bonchev–Trinajstić information content (AvgIpc) is 3.00. The van der Waals surface area contributed by atoms with Gasteiger partial charge in [-0.25, -0.2) is 4.57 Å². The molecule has 0 bridgehead atoms. The molecule has 0 saturated carbocycles. The summed E-state index contributed by atoms with van der Waals surface area (Å²) >= 11 is 0. The van der Waals surface area contributed by atoms with Gasteiger partial charge in [-0.3, -0.25) is 14.1 Å². The normalized spacial score (nSPS) is 12.7. The number of phosphoric ester groups is 1. The standard InChI is InChI=1S/C36H67O8P/c1-3-5-7-9-11-13-15-16-17-18-19-20-21-23-24-26-28-30-35(37)42-32-34(33-43-45(39,40)41)44-36(38)31-29-27-25-22-14-12-10-8-6-4-2/h11,13,16-17,34H,3-10,12,14-15,18-33H2,1-2H3,(H2,39,40,41)/b13-11+,17-16+/t34-/m1/s1. The summed E-state index contributed by atoms with van der Waals surface area (Å²) in [5.41, 5.74) is 0. The van der Waals surface area contributed by atoms with Gasteiger partial charge < -0.3 is 19.3 Å². The maximum atomic E-state index is 12.3. The van der Waals surface area contributed by atoms with Gasteiger partial charge in [0.25, 0.3) is 0 Å². The van der Waals surface area contributed by atoms with E-state index in [1.807, 2.05) is 0 Å². The highest BCUT2D eigenvalue weighted by atomic mass is 31.2. The fraction of sp³-hybridized carbons (Fsp3) is 0.833. The van der Waals surface area contributed by atoms with Gasteiger partial charge in [0.15, 0.2) is 6.10 Å². The molecule has 45 heavy (non-hydrogen) atoms. The summed E-state index contributed by atoms with van der Waals surface area (Å²) in [7, 11) is -4.74. The molecule has 0 aliphatic rings. The van der Waals surface area contributed by atoms with Crippen molar-refractivity contribution < 1.29 is 37.9 Å². The van der Waals surface area contributed by atoms with Crippen molar-refractivity contribution >= 4 is 19.8 Å². The first kappa shape index (κ1) is 43.5. The van der Waals surface area contributed by atoms with E-state index >= 15 is 0 Å². The molecule has 0 aromatic carbocycles. The number of carbonyl (C=O) groups is 2. The number of hydrogen-bond donors (Lipinski definition) is 2. The monoisotopic (exact) mass is 658 g/mol. The summed E-state index contributed by atoms with van der Waals surface area (Å²) < 4.78 is 26.2. The van der Waals surface area contributed by atoms with Crippen LogP contribution in [0.5, 0.6) is 0 Å². The minimum absolute atomic E-state index is 0.213. The molecule has 0 aliphatic heterocycles. The average molecular weight is 659 g/mol. The Balaban J connectivity index is 3.95. The zero-order valence-electron chi connectivity index (χ0n) is 28.8. The predicted octanol–water partition coefficient (Wildman–Crippen LogP) is 10.5. The van der Waals surface area contributed by atoms with Gasteiger partial charge in [0.2, 0.25) is 0 Å². The van der Waals surface area contributed by atoms with Crippen LogP contribution < -0.4 is 0 Å². The Kier molecular flexibility index (Phi) is 31.4. The molecule has 2 N–H and O–H groups in total. The number of rotatable bonds is 33. The van der Waals surface area contributed by atoms with E-state index in [1.54, 1.807) is 0 Å². The van der Waals surface area contributed by atoms with Crippen molar-refractivity contribution in [3.05, 3.63) is 24.3 Å². The van der Waals surface area contributed by atoms with Gasteiger partial charge in [-0.15, -0.1) is 0 Å². The molecule has 0 saturated heterocycles. The molecule has 0 fully saturated rings. The Morgan fingerprint density at radius 2 is 1.00 bits per heavy atom. The Hall–Kier alpha value is -1.47. The Labute approximate surface area is 275 Å². The molecule has 0 aromatic heterocycles. The van der Waals surface area contributed by atoms with E-state index in [-0.39, 0.29) is 19.4 Å². The second-order valence-corrected chi connectivity index (χ2v) is 13.4. The maximum Gasteiger partial charge on any atom is 0.469 e. The molecule has 9 heteroatoms. The molecule has 264 valence electrons. The Morgan fingerprint density at radius 3 is 1.51 bits per heavy atom. The van der Waals surface area contributed by atoms with Crippen LogP contribution in [0.4, 0.5) is 0 Å².